The first-order valence-electron chi connectivity index (χ1n) is 5.76. The minimum atomic E-state index is -0.440. The van der Waals surface area contributed by atoms with E-state index in [1.54, 1.807) is 24.3 Å². The van der Waals surface area contributed by atoms with Crippen LogP contribution < -0.4 is 10.1 Å². The minimum Gasteiger partial charge on any atom is -0.482 e. The highest BCUT2D eigenvalue weighted by molar-refractivity contribution is 8.14. The van der Waals surface area contributed by atoms with Gasteiger partial charge in [0.05, 0.1) is 12.9 Å². The summed E-state index contributed by atoms with van der Waals surface area (Å²) in [4.78, 5) is 41.2. The molecule has 0 aromatic heterocycles. The van der Waals surface area contributed by atoms with Crippen molar-refractivity contribution in [3.63, 3.8) is 0 Å². The standard InChI is InChI=1S/C10H10O4.C3H3NO2S/c1-13-10(12)7-14-9-4-2-8(6-11)3-5-9;5-2-1-7-3(6)4-2/h2-6H,7H2,1H3;1H2,(H,4,5,6). The van der Waals surface area contributed by atoms with Crippen LogP contribution in [0, 0.1) is 0 Å². The first kappa shape index (κ1) is 16.7. The number of hydrogen-bond donors (Lipinski definition) is 1. The molecule has 1 aromatic carbocycles. The van der Waals surface area contributed by atoms with Crippen LogP contribution in [0.4, 0.5) is 4.79 Å². The van der Waals surface area contributed by atoms with E-state index < -0.39 is 5.97 Å². The number of rotatable bonds is 4. The van der Waals surface area contributed by atoms with Crippen LogP contribution in [0.5, 0.6) is 5.75 Å². The lowest BCUT2D eigenvalue weighted by molar-refractivity contribution is -0.142. The van der Waals surface area contributed by atoms with E-state index in [1.165, 1.54) is 7.11 Å². The fourth-order valence-corrected chi connectivity index (χ4v) is 1.68. The Morgan fingerprint density at radius 2 is 2.00 bits per heavy atom. The largest absolute Gasteiger partial charge is 0.482 e. The van der Waals surface area contributed by atoms with E-state index in [1.807, 2.05) is 0 Å². The molecule has 21 heavy (non-hydrogen) atoms. The molecule has 112 valence electrons. The average molecular weight is 311 g/mol. The van der Waals surface area contributed by atoms with Crippen LogP contribution in [0.1, 0.15) is 10.4 Å². The van der Waals surface area contributed by atoms with Crippen LogP contribution in [-0.4, -0.2) is 42.9 Å². The molecule has 0 unspecified atom stereocenters. The first-order valence-corrected chi connectivity index (χ1v) is 6.75. The van der Waals surface area contributed by atoms with Crippen LogP contribution in [0.25, 0.3) is 0 Å². The Labute approximate surface area is 125 Å². The predicted molar refractivity (Wildman–Crippen MR) is 75.3 cm³/mol. The molecule has 0 atom stereocenters. The summed E-state index contributed by atoms with van der Waals surface area (Å²) in [5.41, 5.74) is 0.565. The molecule has 0 radical (unpaired) electrons. The van der Waals surface area contributed by atoms with E-state index in [-0.39, 0.29) is 17.8 Å². The second-order valence-corrected chi connectivity index (χ2v) is 4.62. The Morgan fingerprint density at radius 1 is 1.33 bits per heavy atom. The molecule has 0 saturated carbocycles. The molecule has 2 amide bonds. The van der Waals surface area contributed by atoms with Gasteiger partial charge in [0.15, 0.2) is 6.61 Å². The van der Waals surface area contributed by atoms with Gasteiger partial charge in [-0.15, -0.1) is 0 Å². The molecular weight excluding hydrogens is 298 g/mol. The van der Waals surface area contributed by atoms with Crippen molar-refractivity contribution in [1.82, 2.24) is 5.32 Å². The molecular formula is C13H13NO6S. The van der Waals surface area contributed by atoms with E-state index in [0.29, 0.717) is 17.1 Å². The first-order chi connectivity index (χ1) is 10.0. The second-order valence-electron chi connectivity index (χ2n) is 3.68. The van der Waals surface area contributed by atoms with E-state index >= 15 is 0 Å². The number of thioether (sulfide) groups is 1. The van der Waals surface area contributed by atoms with Gasteiger partial charge in [0.2, 0.25) is 5.91 Å². The summed E-state index contributed by atoms with van der Waals surface area (Å²) in [7, 11) is 1.29. The molecule has 1 aromatic rings. The topological polar surface area (TPSA) is 98.8 Å². The number of carbonyl (C=O) groups excluding carboxylic acids is 4. The van der Waals surface area contributed by atoms with Crippen molar-refractivity contribution in [2.75, 3.05) is 19.5 Å². The lowest BCUT2D eigenvalue weighted by Crippen LogP contribution is -2.18. The Balaban J connectivity index is 0.000000262. The lowest BCUT2D eigenvalue weighted by Gasteiger charge is -2.03. The smallest absolute Gasteiger partial charge is 0.343 e. The van der Waals surface area contributed by atoms with E-state index in [2.05, 4.69) is 10.1 Å². The summed E-state index contributed by atoms with van der Waals surface area (Å²) in [5, 5.41) is 1.87. The molecule has 2 rings (SSSR count). The molecule has 0 spiro atoms. The third-order valence-corrected chi connectivity index (χ3v) is 2.95. The Bertz CT molecular complexity index is 514. The van der Waals surface area contributed by atoms with Crippen molar-refractivity contribution >= 4 is 35.2 Å². The summed E-state index contributed by atoms with van der Waals surface area (Å²) in [6.45, 7) is -0.128. The molecule has 1 aliphatic heterocycles. The highest BCUT2D eigenvalue weighted by Crippen LogP contribution is 2.10. The quantitative estimate of drug-likeness (QED) is 0.654. The number of nitrogens with one attached hydrogen (secondary N) is 1. The molecule has 1 saturated heterocycles. The minimum absolute atomic E-state index is 0.128. The van der Waals surface area contributed by atoms with Crippen LogP contribution in [-0.2, 0) is 14.3 Å². The zero-order valence-corrected chi connectivity index (χ0v) is 12.0. The summed E-state index contributed by atoms with van der Waals surface area (Å²) < 4.78 is 9.46. The normalized spacial score (nSPS) is 12.8. The SMILES string of the molecule is COC(=O)COc1ccc(C=O)cc1.O=C1CSC(=O)N1. The van der Waals surface area contributed by atoms with Gasteiger partial charge in [-0.05, 0) is 24.3 Å². The zero-order chi connectivity index (χ0) is 15.7. The molecule has 1 fully saturated rings. The summed E-state index contributed by atoms with van der Waals surface area (Å²) in [6.07, 6.45) is 0.740. The zero-order valence-electron chi connectivity index (χ0n) is 11.2. The number of benzene rings is 1. The van der Waals surface area contributed by atoms with Crippen molar-refractivity contribution < 1.29 is 28.7 Å². The molecule has 0 bridgehead atoms. The number of amides is 2. The number of methoxy groups -OCH3 is 1. The molecule has 1 N–H and O–H groups in total. The predicted octanol–water partition coefficient (Wildman–Crippen LogP) is 1.02. The van der Waals surface area contributed by atoms with Crippen LogP contribution in [0.15, 0.2) is 24.3 Å². The fourth-order valence-electron chi connectivity index (χ4n) is 1.16. The Morgan fingerprint density at radius 3 is 2.38 bits per heavy atom. The van der Waals surface area contributed by atoms with E-state index in [4.69, 9.17) is 4.74 Å². The molecule has 7 nitrogen and oxygen atoms in total. The van der Waals surface area contributed by atoms with Gasteiger partial charge in [-0.1, -0.05) is 11.8 Å². The highest BCUT2D eigenvalue weighted by atomic mass is 32.2. The maximum Gasteiger partial charge on any atom is 0.343 e. The second kappa shape index (κ2) is 8.75. The van der Waals surface area contributed by atoms with Gasteiger partial charge in [-0.3, -0.25) is 19.7 Å². The monoisotopic (exact) mass is 311 g/mol. The van der Waals surface area contributed by atoms with Gasteiger partial charge >= 0.3 is 5.97 Å². The number of hydrogen-bond acceptors (Lipinski definition) is 7. The number of ether oxygens (including phenoxy) is 2. The van der Waals surface area contributed by atoms with Crippen molar-refractivity contribution in [2.45, 2.75) is 0 Å². The Kier molecular flexibility index (Phi) is 6.96. The molecule has 0 aliphatic carbocycles. The maximum absolute atomic E-state index is 10.7. The van der Waals surface area contributed by atoms with Gasteiger partial charge in [-0.2, -0.15) is 0 Å². The van der Waals surface area contributed by atoms with Crippen molar-refractivity contribution in [3.05, 3.63) is 29.8 Å². The molecule has 1 heterocycles. The van der Waals surface area contributed by atoms with Crippen molar-refractivity contribution in [1.29, 1.82) is 0 Å². The van der Waals surface area contributed by atoms with Crippen molar-refractivity contribution in [2.24, 2.45) is 0 Å². The third-order valence-electron chi connectivity index (χ3n) is 2.18. The van der Waals surface area contributed by atoms with Gasteiger partial charge in [0.1, 0.15) is 12.0 Å². The van der Waals surface area contributed by atoms with Crippen LogP contribution >= 0.6 is 11.8 Å². The lowest BCUT2D eigenvalue weighted by atomic mass is 10.2. The number of carbonyl (C=O) groups is 4. The van der Waals surface area contributed by atoms with Gasteiger partial charge in [0, 0.05) is 5.56 Å². The summed E-state index contributed by atoms with van der Waals surface area (Å²) in [5.74, 6) is 0.194. The molecule has 1 aliphatic rings. The summed E-state index contributed by atoms with van der Waals surface area (Å²) >= 11 is 1.01. The number of esters is 1. The number of aldehydes is 1. The van der Waals surface area contributed by atoms with Gasteiger partial charge < -0.3 is 9.47 Å². The third kappa shape index (κ3) is 6.57. The van der Waals surface area contributed by atoms with Gasteiger partial charge in [-0.25, -0.2) is 4.79 Å². The fraction of sp³-hybridized carbons (Fsp3) is 0.231. The van der Waals surface area contributed by atoms with E-state index in [9.17, 15) is 19.2 Å². The van der Waals surface area contributed by atoms with Crippen LogP contribution in [0.2, 0.25) is 0 Å². The van der Waals surface area contributed by atoms with Gasteiger partial charge in [0.25, 0.3) is 5.24 Å². The van der Waals surface area contributed by atoms with Crippen LogP contribution in [0.3, 0.4) is 0 Å². The summed E-state index contributed by atoms with van der Waals surface area (Å²) in [6, 6.07) is 6.46. The highest BCUT2D eigenvalue weighted by Gasteiger charge is 2.16. The van der Waals surface area contributed by atoms with Crippen molar-refractivity contribution in [3.8, 4) is 5.75 Å². The average Bonchev–Trinajstić information content (AvgIpc) is 2.89. The molecule has 8 heteroatoms. The maximum atomic E-state index is 10.7. The number of imide groups is 1. The Hall–Kier alpha value is -2.35. The van der Waals surface area contributed by atoms with E-state index in [0.717, 1.165) is 18.0 Å².